The molecule has 1 amide bonds. The predicted octanol–water partition coefficient (Wildman–Crippen LogP) is 3.60. The molecule has 3 fully saturated rings. The first-order valence-corrected chi connectivity index (χ1v) is 12.9. The zero-order valence-corrected chi connectivity index (χ0v) is 20.4. The molecule has 3 aromatic heterocycles. The van der Waals surface area contributed by atoms with Gasteiger partial charge in [-0.1, -0.05) is 6.58 Å². The van der Waals surface area contributed by atoms with E-state index in [1.165, 1.54) is 0 Å². The van der Waals surface area contributed by atoms with Crippen LogP contribution in [0.25, 0.3) is 28.1 Å². The fourth-order valence-electron chi connectivity index (χ4n) is 5.53. The molecule has 0 unspecified atom stereocenters. The number of aliphatic hydroxyl groups excluding tert-OH is 1. The van der Waals surface area contributed by atoms with Crippen LogP contribution >= 0.6 is 0 Å². The number of pyridine rings is 3. The Kier molecular flexibility index (Phi) is 5.84. The Morgan fingerprint density at radius 3 is 2.72 bits per heavy atom. The summed E-state index contributed by atoms with van der Waals surface area (Å²) in [6, 6.07) is 6.28. The number of rotatable bonds is 7. The summed E-state index contributed by atoms with van der Waals surface area (Å²) in [6.45, 7) is 5.86. The lowest BCUT2D eigenvalue weighted by molar-refractivity contribution is -0.135. The van der Waals surface area contributed by atoms with Crippen LogP contribution in [0.1, 0.15) is 49.4 Å². The van der Waals surface area contributed by atoms with Crippen LogP contribution in [0.2, 0.25) is 0 Å². The van der Waals surface area contributed by atoms with Gasteiger partial charge in [-0.25, -0.2) is 9.97 Å². The topological polar surface area (TPSA) is 108 Å². The van der Waals surface area contributed by atoms with Crippen LogP contribution in [0.4, 0.5) is 11.5 Å². The molecule has 6 rings (SSSR count). The molecule has 3 aliphatic rings. The van der Waals surface area contributed by atoms with Gasteiger partial charge in [0.15, 0.2) is 5.82 Å². The van der Waals surface area contributed by atoms with Gasteiger partial charge in [0.1, 0.15) is 0 Å². The number of piperazine rings is 1. The van der Waals surface area contributed by atoms with Crippen molar-refractivity contribution in [3.63, 3.8) is 0 Å². The van der Waals surface area contributed by atoms with Crippen molar-refractivity contribution in [3.05, 3.63) is 48.6 Å². The second-order valence-electron chi connectivity index (χ2n) is 10.2. The van der Waals surface area contributed by atoms with Crippen LogP contribution in [0.15, 0.2) is 37.2 Å². The lowest BCUT2D eigenvalue weighted by atomic mass is 9.96. The number of nitrogens with zero attached hydrogens (tertiary/aromatic N) is 5. The Morgan fingerprint density at radius 2 is 2.00 bits per heavy atom. The molecule has 3 aromatic rings. The number of hydrogen-bond acceptors (Lipinski definition) is 7. The number of nitrogens with two attached hydrogens (primary N) is 1. The minimum Gasteiger partial charge on any atom is -0.396 e. The van der Waals surface area contributed by atoms with Gasteiger partial charge in [-0.2, -0.15) is 0 Å². The average Bonchev–Trinajstić information content (AvgIpc) is 3.81. The minimum atomic E-state index is -0.107. The van der Waals surface area contributed by atoms with Crippen molar-refractivity contribution in [2.24, 2.45) is 5.92 Å². The fourth-order valence-corrected chi connectivity index (χ4v) is 5.53. The van der Waals surface area contributed by atoms with Gasteiger partial charge in [-0.3, -0.25) is 9.78 Å². The van der Waals surface area contributed by atoms with Crippen molar-refractivity contribution in [1.82, 2.24) is 19.9 Å². The Labute approximate surface area is 210 Å². The minimum absolute atomic E-state index is 0.0427. The zero-order valence-electron chi connectivity index (χ0n) is 20.4. The van der Waals surface area contributed by atoms with Crippen molar-refractivity contribution in [3.8, 4) is 11.1 Å². The van der Waals surface area contributed by atoms with Gasteiger partial charge < -0.3 is 20.6 Å². The van der Waals surface area contributed by atoms with Crippen molar-refractivity contribution >= 4 is 34.4 Å². The van der Waals surface area contributed by atoms with Gasteiger partial charge >= 0.3 is 0 Å². The highest BCUT2D eigenvalue weighted by Gasteiger charge is 2.41. The molecule has 0 aromatic carbocycles. The Balaban J connectivity index is 1.39. The van der Waals surface area contributed by atoms with E-state index in [1.54, 1.807) is 18.5 Å². The molecule has 2 saturated carbocycles. The van der Waals surface area contributed by atoms with Gasteiger partial charge in [-0.15, -0.1) is 0 Å². The molecule has 4 heterocycles. The molecule has 0 bridgehead atoms. The van der Waals surface area contributed by atoms with Gasteiger partial charge in [-0.05, 0) is 61.4 Å². The standard InChI is InChI=1S/C28H32N6O2/c1-2-19-13-21(20-7-9-30-15-24(20)31-19)22-14-23(29)28(32-27(22)18-5-6-18)33-10-11-34(26(36)8-12-35)25(16-33)17-3-4-17/h2,7,9,13-15,17-18,25,35H,1,3-6,8,10-12,16,29H2/t25-/m0/s1. The smallest absolute Gasteiger partial charge is 0.225 e. The third kappa shape index (κ3) is 4.19. The van der Waals surface area contributed by atoms with E-state index >= 15 is 0 Å². The lowest BCUT2D eigenvalue weighted by Gasteiger charge is -2.42. The summed E-state index contributed by atoms with van der Waals surface area (Å²) in [5.74, 6) is 1.81. The van der Waals surface area contributed by atoms with Crippen LogP contribution in [0.3, 0.4) is 0 Å². The van der Waals surface area contributed by atoms with Crippen molar-refractivity contribution < 1.29 is 9.90 Å². The number of hydrogen-bond donors (Lipinski definition) is 2. The number of anilines is 2. The predicted molar refractivity (Wildman–Crippen MR) is 141 cm³/mol. The first-order valence-electron chi connectivity index (χ1n) is 12.9. The van der Waals surface area contributed by atoms with E-state index in [9.17, 15) is 9.90 Å². The number of nitrogen functional groups attached to an aromatic ring is 1. The van der Waals surface area contributed by atoms with E-state index in [4.69, 9.17) is 10.7 Å². The number of aliphatic hydroxyl groups is 1. The highest BCUT2D eigenvalue weighted by atomic mass is 16.3. The highest BCUT2D eigenvalue weighted by Crippen LogP contribution is 2.47. The molecule has 8 heteroatoms. The third-order valence-electron chi connectivity index (χ3n) is 7.69. The third-order valence-corrected chi connectivity index (χ3v) is 7.69. The molecule has 3 N–H and O–H groups in total. The van der Waals surface area contributed by atoms with Crippen molar-refractivity contribution in [1.29, 1.82) is 0 Å². The fraction of sp³-hybridized carbons (Fsp3) is 0.429. The van der Waals surface area contributed by atoms with E-state index in [1.807, 2.05) is 11.0 Å². The average molecular weight is 485 g/mol. The van der Waals surface area contributed by atoms with Crippen LogP contribution in [0, 0.1) is 5.92 Å². The second kappa shape index (κ2) is 9.17. The summed E-state index contributed by atoms with van der Waals surface area (Å²) in [5.41, 5.74) is 12.2. The number of carbonyl (C=O) groups excluding carboxylic acids is 1. The monoisotopic (exact) mass is 484 g/mol. The van der Waals surface area contributed by atoms with E-state index < -0.39 is 0 Å². The quantitative estimate of drug-likeness (QED) is 0.527. The van der Waals surface area contributed by atoms with Crippen molar-refractivity contribution in [2.75, 3.05) is 36.9 Å². The number of amides is 1. The van der Waals surface area contributed by atoms with E-state index in [2.05, 4.69) is 33.6 Å². The molecule has 1 saturated heterocycles. The molecule has 2 aliphatic carbocycles. The van der Waals surface area contributed by atoms with Gasteiger partial charge in [0, 0.05) is 49.1 Å². The molecule has 1 atom stereocenters. The molecule has 0 radical (unpaired) electrons. The van der Waals surface area contributed by atoms with E-state index in [-0.39, 0.29) is 25.0 Å². The van der Waals surface area contributed by atoms with Gasteiger partial charge in [0.05, 0.1) is 41.4 Å². The summed E-state index contributed by atoms with van der Waals surface area (Å²) >= 11 is 0. The Hall–Kier alpha value is -3.52. The summed E-state index contributed by atoms with van der Waals surface area (Å²) in [4.78, 5) is 31.0. The molecular formula is C28H32N6O2. The summed E-state index contributed by atoms with van der Waals surface area (Å²) in [6.07, 6.45) is 10.0. The van der Waals surface area contributed by atoms with Crippen molar-refractivity contribution in [2.45, 2.75) is 44.1 Å². The molecule has 36 heavy (non-hydrogen) atoms. The molecule has 0 spiro atoms. The normalized spacial score (nSPS) is 20.1. The first kappa shape index (κ1) is 22.9. The van der Waals surface area contributed by atoms with E-state index in [0.29, 0.717) is 30.6 Å². The maximum Gasteiger partial charge on any atom is 0.225 e. The Morgan fingerprint density at radius 1 is 1.17 bits per heavy atom. The summed E-state index contributed by atoms with van der Waals surface area (Å²) in [7, 11) is 0. The van der Waals surface area contributed by atoms with Gasteiger partial charge in [0.2, 0.25) is 5.91 Å². The largest absolute Gasteiger partial charge is 0.396 e. The zero-order chi connectivity index (χ0) is 24.8. The van der Waals surface area contributed by atoms with Crippen LogP contribution in [0.5, 0.6) is 0 Å². The molecule has 186 valence electrons. The number of aromatic nitrogens is 3. The summed E-state index contributed by atoms with van der Waals surface area (Å²) < 4.78 is 0. The maximum absolute atomic E-state index is 12.7. The molecule has 1 aliphatic heterocycles. The van der Waals surface area contributed by atoms with Crippen LogP contribution in [-0.2, 0) is 4.79 Å². The second-order valence-corrected chi connectivity index (χ2v) is 10.2. The number of carbonyl (C=O) groups is 1. The van der Waals surface area contributed by atoms with E-state index in [0.717, 1.165) is 71.5 Å². The first-order chi connectivity index (χ1) is 17.6. The maximum atomic E-state index is 12.7. The number of fused-ring (bicyclic) bond motifs is 1. The van der Waals surface area contributed by atoms with Gasteiger partial charge in [0.25, 0.3) is 0 Å². The lowest BCUT2D eigenvalue weighted by Crippen LogP contribution is -2.56. The van der Waals surface area contributed by atoms with Crippen LogP contribution < -0.4 is 10.6 Å². The highest BCUT2D eigenvalue weighted by molar-refractivity contribution is 5.96. The summed E-state index contributed by atoms with van der Waals surface area (Å²) in [5, 5.41) is 10.3. The molecular weight excluding hydrogens is 452 g/mol. The Bertz CT molecular complexity index is 1330. The van der Waals surface area contributed by atoms with Crippen LogP contribution in [-0.4, -0.2) is 63.1 Å². The molecule has 8 nitrogen and oxygen atoms in total. The SMILES string of the molecule is C=Cc1cc(-c2cc(N)c(N3CCN(C(=O)CCO)[C@H](C4CC4)C3)nc2C2CC2)c2ccncc2n1.